The molecule has 2 N–H and O–H groups in total. The van der Waals surface area contributed by atoms with E-state index in [0.717, 1.165) is 23.4 Å². The molecule has 132 valence electrons. The molecule has 26 heavy (non-hydrogen) atoms. The third kappa shape index (κ3) is 2.73. The lowest BCUT2D eigenvalue weighted by atomic mass is 9.76. The number of anilines is 2. The van der Waals surface area contributed by atoms with Crippen molar-refractivity contribution in [3.8, 4) is 0 Å². The molecule has 0 spiro atoms. The molecule has 1 amide bonds. The Morgan fingerprint density at radius 2 is 2.04 bits per heavy atom. The molecule has 0 aromatic heterocycles. The Hall–Kier alpha value is -3.15. The standard InChI is InChI=1S/C20H19N3O3/c1-12(24)21-13-9-10-18-17(11-13)14-6-4-7-15(14)20(22-18)16-5-2-3-8-19(16)23(25)26/h2-6,8-11,14-15,20,22H,7H2,1H3,(H,21,24)/t14-,15-,20-/m0/s1. The maximum atomic E-state index is 11.5. The summed E-state index contributed by atoms with van der Waals surface area (Å²) >= 11 is 0. The summed E-state index contributed by atoms with van der Waals surface area (Å²) in [6.07, 6.45) is 5.17. The Morgan fingerprint density at radius 1 is 1.23 bits per heavy atom. The number of nitro groups is 1. The number of nitrogens with zero attached hydrogens (tertiary/aromatic N) is 1. The van der Waals surface area contributed by atoms with Crippen LogP contribution in [0.4, 0.5) is 17.1 Å². The van der Waals surface area contributed by atoms with Crippen LogP contribution in [0, 0.1) is 16.0 Å². The molecule has 0 bridgehead atoms. The van der Waals surface area contributed by atoms with Gasteiger partial charge in [-0.3, -0.25) is 14.9 Å². The second-order valence-electron chi connectivity index (χ2n) is 6.77. The van der Waals surface area contributed by atoms with Gasteiger partial charge in [0, 0.05) is 30.3 Å². The molecule has 0 saturated carbocycles. The number of nitrogens with one attached hydrogen (secondary N) is 2. The van der Waals surface area contributed by atoms with Gasteiger partial charge in [0.2, 0.25) is 5.91 Å². The van der Waals surface area contributed by atoms with Crippen molar-refractivity contribution in [2.75, 3.05) is 10.6 Å². The molecule has 0 fully saturated rings. The van der Waals surface area contributed by atoms with Crippen molar-refractivity contribution in [1.82, 2.24) is 0 Å². The molecule has 1 aliphatic heterocycles. The van der Waals surface area contributed by atoms with Crippen LogP contribution in [0.1, 0.15) is 36.4 Å². The first kappa shape index (κ1) is 16.3. The highest BCUT2D eigenvalue weighted by atomic mass is 16.6. The van der Waals surface area contributed by atoms with E-state index in [1.54, 1.807) is 12.1 Å². The van der Waals surface area contributed by atoms with Crippen LogP contribution in [0.25, 0.3) is 0 Å². The molecule has 0 unspecified atom stereocenters. The second-order valence-corrected chi connectivity index (χ2v) is 6.77. The summed E-state index contributed by atoms with van der Waals surface area (Å²) < 4.78 is 0. The zero-order valence-corrected chi connectivity index (χ0v) is 14.3. The van der Waals surface area contributed by atoms with Crippen LogP contribution in [0.2, 0.25) is 0 Å². The lowest BCUT2D eigenvalue weighted by molar-refractivity contribution is -0.385. The minimum atomic E-state index is -0.316. The number of amides is 1. The first-order chi connectivity index (χ1) is 12.5. The molecule has 0 radical (unpaired) electrons. The quantitative estimate of drug-likeness (QED) is 0.489. The maximum Gasteiger partial charge on any atom is 0.274 e. The summed E-state index contributed by atoms with van der Waals surface area (Å²) in [5, 5.41) is 17.8. The van der Waals surface area contributed by atoms with Gasteiger partial charge in [-0.15, -0.1) is 0 Å². The summed E-state index contributed by atoms with van der Waals surface area (Å²) in [6, 6.07) is 12.6. The normalized spacial score (nSPS) is 22.9. The van der Waals surface area contributed by atoms with Crippen LogP contribution >= 0.6 is 0 Å². The average Bonchev–Trinajstić information content (AvgIpc) is 3.10. The van der Waals surface area contributed by atoms with E-state index in [1.165, 1.54) is 6.92 Å². The Kier molecular flexibility index (Phi) is 3.95. The topological polar surface area (TPSA) is 84.3 Å². The molecular formula is C20H19N3O3. The van der Waals surface area contributed by atoms with E-state index in [-0.39, 0.29) is 34.4 Å². The first-order valence-electron chi connectivity index (χ1n) is 8.62. The number of nitro benzene ring substituents is 1. The molecular weight excluding hydrogens is 330 g/mol. The van der Waals surface area contributed by atoms with Gasteiger partial charge in [-0.25, -0.2) is 0 Å². The van der Waals surface area contributed by atoms with Crippen molar-refractivity contribution in [3.05, 3.63) is 75.9 Å². The fraction of sp³-hybridized carbons (Fsp3) is 0.250. The second kappa shape index (κ2) is 6.29. The van der Waals surface area contributed by atoms with E-state index in [9.17, 15) is 14.9 Å². The van der Waals surface area contributed by atoms with E-state index in [2.05, 4.69) is 22.8 Å². The lowest BCUT2D eigenvalue weighted by Gasteiger charge is -2.37. The van der Waals surface area contributed by atoms with Gasteiger partial charge in [-0.1, -0.05) is 30.4 Å². The molecule has 2 aliphatic rings. The third-order valence-electron chi connectivity index (χ3n) is 5.15. The molecule has 6 nitrogen and oxygen atoms in total. The number of hydrogen-bond acceptors (Lipinski definition) is 4. The number of fused-ring (bicyclic) bond motifs is 3. The monoisotopic (exact) mass is 349 g/mol. The summed E-state index contributed by atoms with van der Waals surface area (Å²) in [5.41, 5.74) is 3.70. The Morgan fingerprint density at radius 3 is 2.81 bits per heavy atom. The number of rotatable bonds is 3. The van der Waals surface area contributed by atoms with Crippen LogP contribution in [-0.4, -0.2) is 10.8 Å². The van der Waals surface area contributed by atoms with Crippen molar-refractivity contribution in [2.45, 2.75) is 25.3 Å². The van der Waals surface area contributed by atoms with E-state index in [0.29, 0.717) is 5.56 Å². The molecule has 1 heterocycles. The van der Waals surface area contributed by atoms with Crippen LogP contribution in [-0.2, 0) is 4.79 Å². The van der Waals surface area contributed by atoms with E-state index in [4.69, 9.17) is 0 Å². The highest BCUT2D eigenvalue weighted by molar-refractivity contribution is 5.89. The van der Waals surface area contributed by atoms with Crippen molar-refractivity contribution in [1.29, 1.82) is 0 Å². The van der Waals surface area contributed by atoms with Crippen molar-refractivity contribution < 1.29 is 9.72 Å². The van der Waals surface area contributed by atoms with Gasteiger partial charge in [0.15, 0.2) is 0 Å². The SMILES string of the molecule is CC(=O)Nc1ccc2c(c1)[C@H]1C=CC[C@@H]1[C@@H](c1ccccc1[N+](=O)[O-])N2. The molecule has 2 aromatic rings. The number of benzene rings is 2. The smallest absolute Gasteiger partial charge is 0.274 e. The van der Waals surface area contributed by atoms with Gasteiger partial charge in [0.05, 0.1) is 16.5 Å². The number of carbonyl (C=O) groups excluding carboxylic acids is 1. The van der Waals surface area contributed by atoms with Gasteiger partial charge in [0.25, 0.3) is 5.69 Å². The van der Waals surface area contributed by atoms with Gasteiger partial charge in [-0.2, -0.15) is 0 Å². The Labute approximate surface area is 151 Å². The number of para-hydroxylation sites is 1. The Bertz CT molecular complexity index is 922. The molecule has 6 heteroatoms. The lowest BCUT2D eigenvalue weighted by Crippen LogP contribution is -2.29. The minimum Gasteiger partial charge on any atom is -0.377 e. The zero-order chi connectivity index (χ0) is 18.3. The van der Waals surface area contributed by atoms with E-state index < -0.39 is 0 Å². The molecule has 3 atom stereocenters. The van der Waals surface area contributed by atoms with Crippen molar-refractivity contribution in [3.63, 3.8) is 0 Å². The first-order valence-corrected chi connectivity index (χ1v) is 8.62. The maximum absolute atomic E-state index is 11.5. The number of hydrogen-bond donors (Lipinski definition) is 2. The minimum absolute atomic E-state index is 0.106. The van der Waals surface area contributed by atoms with Crippen molar-refractivity contribution in [2.24, 2.45) is 5.92 Å². The van der Waals surface area contributed by atoms with Crippen LogP contribution in [0.15, 0.2) is 54.6 Å². The predicted octanol–water partition coefficient (Wildman–Crippen LogP) is 4.38. The van der Waals surface area contributed by atoms with Crippen molar-refractivity contribution >= 4 is 23.0 Å². The average molecular weight is 349 g/mol. The molecule has 0 saturated heterocycles. The fourth-order valence-corrected chi connectivity index (χ4v) is 4.10. The molecule has 2 aromatic carbocycles. The number of allylic oxidation sites excluding steroid dienone is 2. The van der Waals surface area contributed by atoms with E-state index in [1.807, 2.05) is 30.3 Å². The predicted molar refractivity (Wildman–Crippen MR) is 100 cm³/mol. The van der Waals surface area contributed by atoms with Crippen LogP contribution < -0.4 is 10.6 Å². The molecule has 4 rings (SSSR count). The van der Waals surface area contributed by atoms with Gasteiger partial charge in [0.1, 0.15) is 0 Å². The fourth-order valence-electron chi connectivity index (χ4n) is 4.10. The third-order valence-corrected chi connectivity index (χ3v) is 5.15. The largest absolute Gasteiger partial charge is 0.377 e. The summed E-state index contributed by atoms with van der Waals surface area (Å²) in [7, 11) is 0. The summed E-state index contributed by atoms with van der Waals surface area (Å²) in [5.74, 6) is 0.269. The van der Waals surface area contributed by atoms with Gasteiger partial charge >= 0.3 is 0 Å². The Balaban J connectivity index is 1.76. The summed E-state index contributed by atoms with van der Waals surface area (Å²) in [4.78, 5) is 22.5. The highest BCUT2D eigenvalue weighted by Crippen LogP contribution is 2.51. The highest BCUT2D eigenvalue weighted by Gasteiger charge is 2.40. The van der Waals surface area contributed by atoms with Crippen LogP contribution in [0.5, 0.6) is 0 Å². The number of carbonyl (C=O) groups is 1. The van der Waals surface area contributed by atoms with Gasteiger partial charge < -0.3 is 10.6 Å². The molecule has 1 aliphatic carbocycles. The summed E-state index contributed by atoms with van der Waals surface area (Å²) in [6.45, 7) is 1.49. The zero-order valence-electron chi connectivity index (χ0n) is 14.3. The van der Waals surface area contributed by atoms with E-state index >= 15 is 0 Å². The van der Waals surface area contributed by atoms with Crippen LogP contribution in [0.3, 0.4) is 0 Å². The van der Waals surface area contributed by atoms with Gasteiger partial charge in [-0.05, 0) is 36.1 Å².